The van der Waals surface area contributed by atoms with Crippen molar-refractivity contribution in [1.82, 2.24) is 4.31 Å². The van der Waals surface area contributed by atoms with E-state index in [0.717, 1.165) is 4.31 Å². The maximum absolute atomic E-state index is 12.9. The second kappa shape index (κ2) is 6.25. The Balaban J connectivity index is 2.52. The third kappa shape index (κ3) is 2.88. The van der Waals surface area contributed by atoms with Crippen LogP contribution < -0.4 is 4.74 Å². The topological polar surface area (TPSA) is 83.9 Å². The van der Waals surface area contributed by atoms with Crippen molar-refractivity contribution in [1.29, 1.82) is 0 Å². The minimum atomic E-state index is -3.93. The van der Waals surface area contributed by atoms with Gasteiger partial charge in [0.1, 0.15) is 16.7 Å². The minimum absolute atomic E-state index is 0.000278. The van der Waals surface area contributed by atoms with Crippen LogP contribution in [0.25, 0.3) is 0 Å². The Morgan fingerprint density at radius 3 is 2.71 bits per heavy atom. The molecule has 0 spiro atoms. The molecule has 0 amide bonds. The van der Waals surface area contributed by atoms with Crippen LogP contribution >= 0.6 is 11.8 Å². The smallest absolute Gasteiger partial charge is 0.322 e. The quantitative estimate of drug-likeness (QED) is 0.883. The number of hydrogen-bond acceptors (Lipinski definition) is 5. The van der Waals surface area contributed by atoms with Crippen LogP contribution in [-0.2, 0) is 14.8 Å². The van der Waals surface area contributed by atoms with Gasteiger partial charge in [-0.3, -0.25) is 4.79 Å². The zero-order valence-corrected chi connectivity index (χ0v) is 13.4. The lowest BCUT2D eigenvalue weighted by atomic mass is 10.3. The van der Waals surface area contributed by atoms with Crippen molar-refractivity contribution in [3.63, 3.8) is 0 Å². The number of methoxy groups -OCH3 is 1. The lowest BCUT2D eigenvalue weighted by Gasteiger charge is -2.26. The number of para-hydroxylation sites is 1. The fraction of sp³-hybridized carbons (Fsp3) is 0.462. The van der Waals surface area contributed by atoms with Crippen molar-refractivity contribution >= 4 is 27.8 Å². The molecule has 116 valence electrons. The molecule has 1 fully saturated rings. The highest BCUT2D eigenvalue weighted by Gasteiger charge is 2.46. The molecule has 2 rings (SSSR count). The van der Waals surface area contributed by atoms with E-state index in [1.807, 2.05) is 6.92 Å². The lowest BCUT2D eigenvalue weighted by Crippen LogP contribution is -2.45. The third-order valence-electron chi connectivity index (χ3n) is 3.30. The van der Waals surface area contributed by atoms with Gasteiger partial charge in [0.05, 0.1) is 12.5 Å². The predicted molar refractivity (Wildman–Crippen MR) is 80.0 cm³/mol. The second-order valence-electron chi connectivity index (χ2n) is 4.54. The maximum Gasteiger partial charge on any atom is 0.322 e. The van der Waals surface area contributed by atoms with E-state index in [4.69, 9.17) is 4.74 Å². The molecule has 0 aromatic heterocycles. The standard InChI is InChI=1S/C13H17NO5S2/c1-3-12-14(9(8-20-12)13(15)16)21(17,18)11-7-5-4-6-10(11)19-2/h4-7,9,12H,3,8H2,1-2H3,(H,15,16). The minimum Gasteiger partial charge on any atom is -0.495 e. The highest BCUT2D eigenvalue weighted by atomic mass is 32.2. The Hall–Kier alpha value is -1.25. The van der Waals surface area contributed by atoms with Crippen LogP contribution in [-0.4, -0.2) is 48.1 Å². The number of thioether (sulfide) groups is 1. The number of carboxylic acid groups (broad SMARTS) is 1. The molecule has 2 unspecified atom stereocenters. The van der Waals surface area contributed by atoms with Crippen LogP contribution in [0.3, 0.4) is 0 Å². The highest BCUT2D eigenvalue weighted by Crippen LogP contribution is 2.38. The summed E-state index contributed by atoms with van der Waals surface area (Å²) < 4.78 is 31.9. The lowest BCUT2D eigenvalue weighted by molar-refractivity contribution is -0.140. The van der Waals surface area contributed by atoms with E-state index >= 15 is 0 Å². The summed E-state index contributed by atoms with van der Waals surface area (Å²) >= 11 is 1.35. The molecule has 8 heteroatoms. The van der Waals surface area contributed by atoms with E-state index in [1.165, 1.54) is 24.9 Å². The summed E-state index contributed by atoms with van der Waals surface area (Å²) in [5.74, 6) is -0.660. The monoisotopic (exact) mass is 331 g/mol. The van der Waals surface area contributed by atoms with Crippen molar-refractivity contribution < 1.29 is 23.1 Å². The summed E-state index contributed by atoms with van der Waals surface area (Å²) in [5.41, 5.74) is 0. The van der Waals surface area contributed by atoms with Gasteiger partial charge in [-0.05, 0) is 18.6 Å². The molecule has 1 aromatic carbocycles. The number of rotatable bonds is 5. The van der Waals surface area contributed by atoms with Gasteiger partial charge in [0, 0.05) is 5.75 Å². The first kappa shape index (κ1) is 16.1. The normalized spacial score (nSPS) is 23.1. The average Bonchev–Trinajstić information content (AvgIpc) is 2.92. The molecule has 2 atom stereocenters. The number of carbonyl (C=O) groups is 1. The zero-order chi connectivity index (χ0) is 15.6. The van der Waals surface area contributed by atoms with Crippen LogP contribution in [0.4, 0.5) is 0 Å². The number of carboxylic acids is 1. The van der Waals surface area contributed by atoms with Crippen molar-refractivity contribution in [2.24, 2.45) is 0 Å². The second-order valence-corrected chi connectivity index (χ2v) is 7.56. The van der Waals surface area contributed by atoms with Crippen LogP contribution in [0, 0.1) is 0 Å². The number of benzene rings is 1. The number of nitrogens with zero attached hydrogens (tertiary/aromatic N) is 1. The van der Waals surface area contributed by atoms with E-state index in [0.29, 0.717) is 6.42 Å². The SMILES string of the molecule is CCC1SCC(C(=O)O)N1S(=O)(=O)c1ccccc1OC. The summed E-state index contributed by atoms with van der Waals surface area (Å²) in [6.45, 7) is 1.84. The number of hydrogen-bond donors (Lipinski definition) is 1. The largest absolute Gasteiger partial charge is 0.495 e. The first-order valence-corrected chi connectivity index (χ1v) is 8.93. The van der Waals surface area contributed by atoms with Crippen molar-refractivity contribution in [3.05, 3.63) is 24.3 Å². The third-order valence-corrected chi connectivity index (χ3v) is 6.84. The summed E-state index contributed by atoms with van der Waals surface area (Å²) in [6.07, 6.45) is 0.544. The molecule has 0 radical (unpaired) electrons. The van der Waals surface area contributed by atoms with Gasteiger partial charge in [0.25, 0.3) is 0 Å². The van der Waals surface area contributed by atoms with Crippen LogP contribution in [0.2, 0.25) is 0 Å². The molecular weight excluding hydrogens is 314 g/mol. The Labute approximate surface area is 128 Å². The first-order chi connectivity index (χ1) is 9.93. The molecule has 1 N–H and O–H groups in total. The number of ether oxygens (including phenoxy) is 1. The van der Waals surface area contributed by atoms with Gasteiger partial charge in [-0.15, -0.1) is 11.8 Å². The van der Waals surface area contributed by atoms with Gasteiger partial charge in [0.15, 0.2) is 0 Å². The summed E-state index contributed by atoms with van der Waals surface area (Å²) in [4.78, 5) is 11.4. The molecule has 1 heterocycles. The molecule has 0 aliphatic carbocycles. The molecule has 1 aromatic rings. The molecule has 0 saturated carbocycles. The summed E-state index contributed by atoms with van der Waals surface area (Å²) in [5, 5.41) is 8.91. The Morgan fingerprint density at radius 1 is 1.48 bits per heavy atom. The Bertz CT molecular complexity index is 631. The molecule has 1 aliphatic heterocycles. The van der Waals surface area contributed by atoms with Crippen molar-refractivity contribution in [2.75, 3.05) is 12.9 Å². The average molecular weight is 331 g/mol. The van der Waals surface area contributed by atoms with E-state index in [2.05, 4.69) is 0 Å². The maximum atomic E-state index is 12.9. The van der Waals surface area contributed by atoms with E-state index in [1.54, 1.807) is 18.2 Å². The van der Waals surface area contributed by atoms with E-state index < -0.39 is 22.0 Å². The molecule has 1 saturated heterocycles. The van der Waals surface area contributed by atoms with Crippen LogP contribution in [0.5, 0.6) is 5.75 Å². The van der Waals surface area contributed by atoms with Crippen molar-refractivity contribution in [2.45, 2.75) is 29.7 Å². The Morgan fingerprint density at radius 2 is 2.14 bits per heavy atom. The number of aliphatic carboxylic acids is 1. The Kier molecular flexibility index (Phi) is 4.80. The molecule has 0 bridgehead atoms. The molecule has 1 aliphatic rings. The number of sulfonamides is 1. The van der Waals surface area contributed by atoms with Crippen LogP contribution in [0.1, 0.15) is 13.3 Å². The van der Waals surface area contributed by atoms with Gasteiger partial charge in [-0.25, -0.2) is 8.42 Å². The summed E-state index contributed by atoms with van der Waals surface area (Å²) in [6, 6.07) is 5.20. The summed E-state index contributed by atoms with van der Waals surface area (Å²) in [7, 11) is -2.54. The van der Waals surface area contributed by atoms with Gasteiger partial charge >= 0.3 is 5.97 Å². The van der Waals surface area contributed by atoms with Gasteiger partial charge < -0.3 is 9.84 Å². The molecule has 21 heavy (non-hydrogen) atoms. The van der Waals surface area contributed by atoms with Crippen LogP contribution in [0.15, 0.2) is 29.2 Å². The predicted octanol–water partition coefficient (Wildman–Crippen LogP) is 1.62. The van der Waals surface area contributed by atoms with Gasteiger partial charge in [0.2, 0.25) is 10.0 Å². The highest BCUT2D eigenvalue weighted by molar-refractivity contribution is 8.01. The molecular formula is C13H17NO5S2. The molecule has 6 nitrogen and oxygen atoms in total. The van der Waals surface area contributed by atoms with E-state index in [9.17, 15) is 18.3 Å². The fourth-order valence-electron chi connectivity index (χ4n) is 2.30. The van der Waals surface area contributed by atoms with Gasteiger partial charge in [-0.1, -0.05) is 19.1 Å². The zero-order valence-electron chi connectivity index (χ0n) is 11.7. The van der Waals surface area contributed by atoms with Gasteiger partial charge in [-0.2, -0.15) is 4.31 Å². The fourth-order valence-corrected chi connectivity index (χ4v) is 5.99. The first-order valence-electron chi connectivity index (χ1n) is 6.44. The van der Waals surface area contributed by atoms with Crippen molar-refractivity contribution in [3.8, 4) is 5.75 Å². The van der Waals surface area contributed by atoms with E-state index in [-0.39, 0.29) is 21.8 Å².